The summed E-state index contributed by atoms with van der Waals surface area (Å²) in [5.41, 5.74) is 1.20. The van der Waals surface area contributed by atoms with E-state index in [1.54, 1.807) is 20.3 Å². The molecule has 0 aliphatic carbocycles. The van der Waals surface area contributed by atoms with Gasteiger partial charge in [0.1, 0.15) is 0 Å². The fourth-order valence-electron chi connectivity index (χ4n) is 4.36. The molecule has 2 aliphatic rings. The summed E-state index contributed by atoms with van der Waals surface area (Å²) in [6, 6.07) is 5.56. The average Bonchev–Trinajstić information content (AvgIpc) is 3.39. The molecule has 2 N–H and O–H groups in total. The highest BCUT2D eigenvalue weighted by molar-refractivity contribution is 7.80. The van der Waals surface area contributed by atoms with Crippen LogP contribution in [0.25, 0.3) is 10.9 Å². The molecule has 0 spiro atoms. The molecule has 186 valence electrons. The molecule has 34 heavy (non-hydrogen) atoms. The monoisotopic (exact) mass is 490 g/mol. The van der Waals surface area contributed by atoms with Crippen LogP contribution in [0.3, 0.4) is 0 Å². The first-order chi connectivity index (χ1) is 16.6. The normalized spacial score (nSPS) is 18.7. The van der Waals surface area contributed by atoms with Crippen molar-refractivity contribution in [1.82, 2.24) is 20.1 Å². The van der Waals surface area contributed by atoms with Crippen molar-refractivity contribution in [3.8, 4) is 11.5 Å². The third-order valence-electron chi connectivity index (χ3n) is 6.37. The van der Waals surface area contributed by atoms with Crippen LogP contribution in [0.1, 0.15) is 18.4 Å². The highest BCUT2D eigenvalue weighted by atomic mass is 32.1. The number of H-pyrrole nitrogens is 1. The van der Waals surface area contributed by atoms with Crippen molar-refractivity contribution in [3.63, 3.8) is 0 Å². The number of rotatable bonds is 9. The van der Waals surface area contributed by atoms with Crippen LogP contribution in [0.5, 0.6) is 11.5 Å². The van der Waals surface area contributed by atoms with E-state index in [9.17, 15) is 4.79 Å². The summed E-state index contributed by atoms with van der Waals surface area (Å²) in [7, 11) is 3.18. The van der Waals surface area contributed by atoms with Gasteiger partial charge in [-0.2, -0.15) is 0 Å². The standard InChI is InChI=1S/C24H34N4O5S/c1-30-21-13-17-12-18(23(29)26-20(17)14-22(21)31-2)16-28(6-5-27-7-10-32-11-8-27)24(34)25-15-19-4-3-9-33-19/h12-14,19H,3-11,15-16H2,1-2H3,(H,25,34)(H,26,29). The topological polar surface area (TPSA) is 88.3 Å². The largest absolute Gasteiger partial charge is 0.493 e. The van der Waals surface area contributed by atoms with Crippen molar-refractivity contribution < 1.29 is 18.9 Å². The molecule has 0 amide bonds. The highest BCUT2D eigenvalue weighted by Gasteiger charge is 2.20. The van der Waals surface area contributed by atoms with Crippen molar-refractivity contribution in [2.75, 3.05) is 66.8 Å². The van der Waals surface area contributed by atoms with E-state index in [4.69, 9.17) is 31.2 Å². The first-order valence-electron chi connectivity index (χ1n) is 11.8. The van der Waals surface area contributed by atoms with E-state index in [0.717, 1.165) is 57.7 Å². The van der Waals surface area contributed by atoms with E-state index < -0.39 is 0 Å². The van der Waals surface area contributed by atoms with Gasteiger partial charge in [0, 0.05) is 56.3 Å². The summed E-state index contributed by atoms with van der Waals surface area (Å²) in [5.74, 6) is 1.19. The van der Waals surface area contributed by atoms with Gasteiger partial charge < -0.3 is 34.1 Å². The molecule has 2 aromatic rings. The zero-order valence-electron chi connectivity index (χ0n) is 19.9. The van der Waals surface area contributed by atoms with Gasteiger partial charge in [0.05, 0.1) is 45.6 Å². The second-order valence-electron chi connectivity index (χ2n) is 8.61. The summed E-state index contributed by atoms with van der Waals surface area (Å²) >= 11 is 5.75. The lowest BCUT2D eigenvalue weighted by Crippen LogP contribution is -2.47. The number of fused-ring (bicyclic) bond motifs is 1. The molecule has 0 radical (unpaired) electrons. The maximum Gasteiger partial charge on any atom is 0.253 e. The molecule has 1 unspecified atom stereocenters. The van der Waals surface area contributed by atoms with Gasteiger partial charge in [-0.05, 0) is 37.2 Å². The van der Waals surface area contributed by atoms with Gasteiger partial charge in [-0.3, -0.25) is 9.69 Å². The van der Waals surface area contributed by atoms with Crippen LogP contribution in [0.15, 0.2) is 23.0 Å². The third-order valence-corrected chi connectivity index (χ3v) is 6.77. The number of nitrogens with one attached hydrogen (secondary N) is 2. The van der Waals surface area contributed by atoms with Crippen molar-refractivity contribution in [3.05, 3.63) is 34.1 Å². The van der Waals surface area contributed by atoms with Crippen LogP contribution in [0, 0.1) is 0 Å². The minimum Gasteiger partial charge on any atom is -0.493 e. The fourth-order valence-corrected chi connectivity index (χ4v) is 4.60. The van der Waals surface area contributed by atoms with Gasteiger partial charge in [-0.15, -0.1) is 0 Å². The Morgan fingerprint density at radius 1 is 1.21 bits per heavy atom. The third kappa shape index (κ3) is 6.18. The van der Waals surface area contributed by atoms with Gasteiger partial charge in [0.15, 0.2) is 16.6 Å². The summed E-state index contributed by atoms with van der Waals surface area (Å²) < 4.78 is 22.0. The zero-order chi connectivity index (χ0) is 23.9. The molecule has 1 aromatic heterocycles. The maximum atomic E-state index is 13.0. The average molecular weight is 491 g/mol. The summed E-state index contributed by atoms with van der Waals surface area (Å²) in [6.07, 6.45) is 2.31. The van der Waals surface area contributed by atoms with E-state index in [2.05, 4.69) is 20.1 Å². The molecule has 1 atom stereocenters. The predicted molar refractivity (Wildman–Crippen MR) is 135 cm³/mol. The van der Waals surface area contributed by atoms with Crippen molar-refractivity contribution >= 4 is 28.2 Å². The number of thiocarbonyl (C=S) groups is 1. The lowest BCUT2D eigenvalue weighted by Gasteiger charge is -2.31. The Balaban J connectivity index is 1.52. The number of hydrogen-bond donors (Lipinski definition) is 2. The van der Waals surface area contributed by atoms with Gasteiger partial charge >= 0.3 is 0 Å². The number of aromatic amines is 1. The maximum absolute atomic E-state index is 13.0. The summed E-state index contributed by atoms with van der Waals surface area (Å²) in [6.45, 7) is 6.75. The molecular formula is C24H34N4O5S. The Morgan fingerprint density at radius 3 is 2.68 bits per heavy atom. The molecule has 4 rings (SSSR count). The number of benzene rings is 1. The summed E-state index contributed by atoms with van der Waals surface area (Å²) in [5, 5.41) is 4.87. The van der Waals surface area contributed by atoms with E-state index >= 15 is 0 Å². The molecular weight excluding hydrogens is 456 g/mol. The van der Waals surface area contributed by atoms with Gasteiger partial charge in [-0.1, -0.05) is 0 Å². The van der Waals surface area contributed by atoms with E-state index in [0.29, 0.717) is 47.3 Å². The molecule has 0 saturated carbocycles. The van der Waals surface area contributed by atoms with Gasteiger partial charge in [-0.25, -0.2) is 0 Å². The first-order valence-corrected chi connectivity index (χ1v) is 12.2. The Kier molecular flexibility index (Phi) is 8.60. The molecule has 2 aliphatic heterocycles. The Bertz CT molecular complexity index is 1030. The van der Waals surface area contributed by atoms with Crippen LogP contribution in [0.2, 0.25) is 0 Å². The lowest BCUT2D eigenvalue weighted by atomic mass is 10.1. The van der Waals surface area contributed by atoms with Gasteiger partial charge in [0.2, 0.25) is 0 Å². The van der Waals surface area contributed by atoms with Crippen molar-refractivity contribution in [2.24, 2.45) is 0 Å². The number of hydrogen-bond acceptors (Lipinski definition) is 7. The van der Waals surface area contributed by atoms with Crippen LogP contribution in [0.4, 0.5) is 0 Å². The van der Waals surface area contributed by atoms with Gasteiger partial charge in [0.25, 0.3) is 5.56 Å². The van der Waals surface area contributed by atoms with E-state index in [-0.39, 0.29) is 11.7 Å². The lowest BCUT2D eigenvalue weighted by molar-refractivity contribution is 0.0356. The smallest absolute Gasteiger partial charge is 0.253 e. The van der Waals surface area contributed by atoms with Crippen molar-refractivity contribution in [1.29, 1.82) is 0 Å². The highest BCUT2D eigenvalue weighted by Crippen LogP contribution is 2.31. The molecule has 1 aromatic carbocycles. The number of morpholine rings is 1. The number of methoxy groups -OCH3 is 2. The minimum atomic E-state index is -0.141. The predicted octanol–water partition coefficient (Wildman–Crippen LogP) is 1.73. The molecule has 0 bridgehead atoms. The second kappa shape index (κ2) is 11.8. The molecule has 9 nitrogen and oxygen atoms in total. The van der Waals surface area contributed by atoms with E-state index in [1.165, 1.54) is 0 Å². The second-order valence-corrected chi connectivity index (χ2v) is 9.00. The molecule has 10 heteroatoms. The minimum absolute atomic E-state index is 0.141. The quantitative estimate of drug-likeness (QED) is 0.510. The number of ether oxygens (including phenoxy) is 4. The zero-order valence-corrected chi connectivity index (χ0v) is 20.7. The number of aromatic nitrogens is 1. The number of nitrogens with zero attached hydrogens (tertiary/aromatic N) is 2. The Labute approximate surface area is 205 Å². The van der Waals surface area contributed by atoms with Crippen molar-refractivity contribution in [2.45, 2.75) is 25.5 Å². The SMILES string of the molecule is COc1cc2cc(CN(CCN3CCOCC3)C(=S)NCC3CCCO3)c(=O)[nH]c2cc1OC. The van der Waals surface area contributed by atoms with E-state index in [1.807, 2.05) is 12.1 Å². The first kappa shape index (κ1) is 24.7. The summed E-state index contributed by atoms with van der Waals surface area (Å²) in [4.78, 5) is 20.4. The molecule has 3 heterocycles. The van der Waals surface area contributed by atoms with Crippen LogP contribution >= 0.6 is 12.2 Å². The Morgan fingerprint density at radius 2 is 1.97 bits per heavy atom. The fraction of sp³-hybridized carbons (Fsp3) is 0.583. The van der Waals surface area contributed by atoms with Crippen LogP contribution in [-0.2, 0) is 16.0 Å². The number of pyridine rings is 1. The van der Waals surface area contributed by atoms with Crippen LogP contribution in [-0.4, -0.2) is 92.8 Å². The molecule has 2 saturated heterocycles. The van der Waals surface area contributed by atoms with Crippen LogP contribution < -0.4 is 20.3 Å². The molecule has 2 fully saturated rings. The Hall–Kier alpha value is -2.40.